The molecule has 0 aliphatic carbocycles. The summed E-state index contributed by atoms with van der Waals surface area (Å²) in [5.41, 5.74) is 3.03. The van der Waals surface area contributed by atoms with Crippen LogP contribution in [0.25, 0.3) is 0 Å². The fraction of sp³-hybridized carbons (Fsp3) is 0.385. The molecule has 15 heavy (non-hydrogen) atoms. The lowest BCUT2D eigenvalue weighted by Gasteiger charge is -2.10. The first kappa shape index (κ1) is 11.8. The van der Waals surface area contributed by atoms with Gasteiger partial charge in [-0.1, -0.05) is 23.8 Å². The van der Waals surface area contributed by atoms with Crippen LogP contribution in [0.4, 0.5) is 0 Å². The molecule has 0 aromatic heterocycles. The molecule has 1 atom stereocenters. The summed E-state index contributed by atoms with van der Waals surface area (Å²) < 4.78 is 5.21. The molecule has 1 aromatic carbocycles. The Balaban J connectivity index is 3.00. The van der Waals surface area contributed by atoms with Gasteiger partial charge < -0.3 is 9.84 Å². The molecule has 0 radical (unpaired) electrons. The Labute approximate surface area is 91.2 Å². The maximum Gasteiger partial charge on any atom is 0.122 e. The van der Waals surface area contributed by atoms with E-state index in [0.29, 0.717) is 0 Å². The smallest absolute Gasteiger partial charge is 0.122 e. The van der Waals surface area contributed by atoms with E-state index in [-0.39, 0.29) is 0 Å². The molecule has 0 spiro atoms. The molecule has 1 N–H and O–H groups in total. The third kappa shape index (κ3) is 3.10. The Morgan fingerprint density at radius 1 is 1.40 bits per heavy atom. The highest BCUT2D eigenvalue weighted by Gasteiger charge is 2.06. The van der Waals surface area contributed by atoms with Crippen LogP contribution in [0.15, 0.2) is 29.8 Å². The number of rotatable bonds is 3. The van der Waals surface area contributed by atoms with Crippen molar-refractivity contribution in [3.63, 3.8) is 0 Å². The van der Waals surface area contributed by atoms with E-state index in [0.717, 1.165) is 22.4 Å². The van der Waals surface area contributed by atoms with Crippen LogP contribution in [0.1, 0.15) is 31.1 Å². The molecular formula is C13H18O2. The molecule has 0 fully saturated rings. The second kappa shape index (κ2) is 4.99. The highest BCUT2D eigenvalue weighted by atomic mass is 16.5. The highest BCUT2D eigenvalue weighted by Crippen LogP contribution is 2.24. The third-order valence-electron chi connectivity index (χ3n) is 2.26. The largest absolute Gasteiger partial charge is 0.496 e. The monoisotopic (exact) mass is 206 g/mol. The summed E-state index contributed by atoms with van der Waals surface area (Å²) in [5, 5.41) is 9.87. The maximum atomic E-state index is 9.87. The number of methoxy groups -OCH3 is 1. The molecule has 1 aromatic rings. The maximum absolute atomic E-state index is 9.87. The van der Waals surface area contributed by atoms with Gasteiger partial charge in [0.05, 0.1) is 13.2 Å². The van der Waals surface area contributed by atoms with Gasteiger partial charge in [0.25, 0.3) is 0 Å². The zero-order valence-corrected chi connectivity index (χ0v) is 9.74. The minimum absolute atomic E-state index is 0.551. The Kier molecular flexibility index (Phi) is 3.92. The van der Waals surface area contributed by atoms with Crippen LogP contribution in [0.5, 0.6) is 5.75 Å². The van der Waals surface area contributed by atoms with E-state index in [1.165, 1.54) is 0 Å². The minimum atomic E-state index is -0.551. The first-order chi connectivity index (χ1) is 7.04. The van der Waals surface area contributed by atoms with Crippen LogP contribution in [0.3, 0.4) is 0 Å². The molecule has 0 heterocycles. The van der Waals surface area contributed by atoms with Crippen molar-refractivity contribution in [3.8, 4) is 5.75 Å². The average Bonchev–Trinajstić information content (AvgIpc) is 2.17. The molecule has 0 saturated carbocycles. The number of hydrogen-bond donors (Lipinski definition) is 1. The van der Waals surface area contributed by atoms with E-state index in [1.807, 2.05) is 45.0 Å². The predicted octanol–water partition coefficient (Wildman–Crippen LogP) is 3.00. The van der Waals surface area contributed by atoms with Gasteiger partial charge in [-0.2, -0.15) is 0 Å². The molecule has 0 saturated heterocycles. The van der Waals surface area contributed by atoms with Crippen LogP contribution < -0.4 is 4.74 Å². The minimum Gasteiger partial charge on any atom is -0.496 e. The lowest BCUT2D eigenvalue weighted by molar-refractivity contribution is 0.227. The zero-order valence-electron chi connectivity index (χ0n) is 9.74. The van der Waals surface area contributed by atoms with Gasteiger partial charge in [-0.3, -0.25) is 0 Å². The summed E-state index contributed by atoms with van der Waals surface area (Å²) >= 11 is 0. The Bertz CT molecular complexity index is 363. The van der Waals surface area contributed by atoms with Crippen LogP contribution in [-0.2, 0) is 0 Å². The van der Waals surface area contributed by atoms with Crippen molar-refractivity contribution in [1.29, 1.82) is 0 Å². The Hall–Kier alpha value is -1.28. The first-order valence-corrected chi connectivity index (χ1v) is 5.02. The lowest BCUT2D eigenvalue weighted by atomic mass is 10.0. The molecule has 0 aliphatic rings. The predicted molar refractivity (Wildman–Crippen MR) is 62.1 cm³/mol. The number of ether oxygens (including phenoxy) is 1. The van der Waals surface area contributed by atoms with E-state index in [4.69, 9.17) is 4.74 Å². The van der Waals surface area contributed by atoms with E-state index in [1.54, 1.807) is 7.11 Å². The van der Waals surface area contributed by atoms with E-state index >= 15 is 0 Å². The second-order valence-corrected chi connectivity index (χ2v) is 3.92. The van der Waals surface area contributed by atoms with Gasteiger partial charge in [0.2, 0.25) is 0 Å². The fourth-order valence-electron chi connectivity index (χ4n) is 1.43. The van der Waals surface area contributed by atoms with Crippen molar-refractivity contribution >= 4 is 0 Å². The molecule has 1 unspecified atom stereocenters. The molecule has 0 amide bonds. The topological polar surface area (TPSA) is 29.5 Å². The average molecular weight is 206 g/mol. The number of allylic oxidation sites excluding steroid dienone is 1. The number of benzene rings is 1. The van der Waals surface area contributed by atoms with Gasteiger partial charge in [0, 0.05) is 0 Å². The van der Waals surface area contributed by atoms with Crippen LogP contribution in [0.2, 0.25) is 0 Å². The molecule has 0 bridgehead atoms. The number of aliphatic hydroxyl groups excluding tert-OH is 1. The normalized spacial score (nSPS) is 12.1. The van der Waals surface area contributed by atoms with Gasteiger partial charge in [0.15, 0.2) is 0 Å². The fourth-order valence-corrected chi connectivity index (χ4v) is 1.43. The van der Waals surface area contributed by atoms with E-state index < -0.39 is 6.10 Å². The van der Waals surface area contributed by atoms with Crippen LogP contribution >= 0.6 is 0 Å². The summed E-state index contributed by atoms with van der Waals surface area (Å²) in [6.45, 7) is 5.92. The molecule has 1 rings (SSSR count). The summed E-state index contributed by atoms with van der Waals surface area (Å²) in [6.07, 6.45) is 1.27. The zero-order chi connectivity index (χ0) is 11.4. The van der Waals surface area contributed by atoms with Crippen molar-refractivity contribution < 1.29 is 9.84 Å². The second-order valence-electron chi connectivity index (χ2n) is 3.92. The quantitative estimate of drug-likeness (QED) is 0.770. The van der Waals surface area contributed by atoms with E-state index in [2.05, 4.69) is 0 Å². The lowest BCUT2D eigenvalue weighted by Crippen LogP contribution is -1.96. The van der Waals surface area contributed by atoms with Gasteiger partial charge in [0.1, 0.15) is 5.75 Å². The Morgan fingerprint density at radius 3 is 2.60 bits per heavy atom. The Morgan fingerprint density at radius 2 is 2.07 bits per heavy atom. The molecular weight excluding hydrogens is 188 g/mol. The van der Waals surface area contributed by atoms with Gasteiger partial charge in [-0.15, -0.1) is 0 Å². The summed E-state index contributed by atoms with van der Waals surface area (Å²) in [4.78, 5) is 0. The van der Waals surface area contributed by atoms with Crippen molar-refractivity contribution in [2.45, 2.75) is 26.9 Å². The highest BCUT2D eigenvalue weighted by molar-refractivity contribution is 5.38. The van der Waals surface area contributed by atoms with E-state index in [9.17, 15) is 5.11 Å². The summed E-state index contributed by atoms with van der Waals surface area (Å²) in [6, 6.07) is 5.75. The summed E-state index contributed by atoms with van der Waals surface area (Å²) in [7, 11) is 1.64. The van der Waals surface area contributed by atoms with Crippen LogP contribution in [0, 0.1) is 6.92 Å². The van der Waals surface area contributed by atoms with Crippen molar-refractivity contribution in [1.82, 2.24) is 0 Å². The molecule has 0 aliphatic heterocycles. The first-order valence-electron chi connectivity index (χ1n) is 5.02. The SMILES string of the molecule is COc1cc(C(O)C=C(C)C)ccc1C. The van der Waals surface area contributed by atoms with Crippen molar-refractivity contribution in [2.75, 3.05) is 7.11 Å². The van der Waals surface area contributed by atoms with Crippen LogP contribution in [-0.4, -0.2) is 12.2 Å². The van der Waals surface area contributed by atoms with Crippen molar-refractivity contribution in [3.05, 3.63) is 41.0 Å². The third-order valence-corrected chi connectivity index (χ3v) is 2.26. The van der Waals surface area contributed by atoms with Gasteiger partial charge in [-0.25, -0.2) is 0 Å². The van der Waals surface area contributed by atoms with Crippen molar-refractivity contribution in [2.24, 2.45) is 0 Å². The number of hydrogen-bond acceptors (Lipinski definition) is 2. The number of aryl methyl sites for hydroxylation is 1. The standard InChI is InChI=1S/C13H18O2/c1-9(2)7-12(14)11-6-5-10(3)13(8-11)15-4/h5-8,12,14H,1-4H3. The number of aliphatic hydroxyl groups is 1. The summed E-state index contributed by atoms with van der Waals surface area (Å²) in [5.74, 6) is 0.814. The van der Waals surface area contributed by atoms with Gasteiger partial charge >= 0.3 is 0 Å². The molecule has 2 heteroatoms. The van der Waals surface area contributed by atoms with Gasteiger partial charge in [-0.05, 0) is 38.0 Å². The molecule has 82 valence electrons. The molecule has 2 nitrogen and oxygen atoms in total.